The molecule has 0 spiro atoms. The number of unbranched alkanes of at least 4 members (excludes halogenated alkanes) is 1. The maximum atomic E-state index is 5.99. The van der Waals surface area contributed by atoms with E-state index in [2.05, 4.69) is 20.2 Å². The number of nitrogens with zero attached hydrogens (tertiary/aromatic N) is 3. The molecule has 0 aromatic heterocycles. The average Bonchev–Trinajstić information content (AvgIpc) is 3.14. The van der Waals surface area contributed by atoms with Gasteiger partial charge in [-0.1, -0.05) is 25.7 Å². The summed E-state index contributed by atoms with van der Waals surface area (Å²) >= 11 is 0. The number of hydrogen-bond donors (Lipinski definition) is 1. The Morgan fingerprint density at radius 1 is 0.778 bits per heavy atom. The molecule has 0 bridgehead atoms. The quantitative estimate of drug-likeness (QED) is 0.657. The predicted molar refractivity (Wildman–Crippen MR) is 111 cm³/mol. The molecule has 3 heterocycles. The van der Waals surface area contributed by atoms with Gasteiger partial charge in [-0.2, -0.15) is 0 Å². The van der Waals surface area contributed by atoms with Crippen molar-refractivity contribution in [2.24, 2.45) is 0 Å². The normalized spacial score (nSPS) is 32.0. The second kappa shape index (κ2) is 10.5. The number of piperidine rings is 1. The SMILES string of the molecule is C1CCC(N2CCN(CCCCOCC3CC4CCCCN4N3)CC2)CC1. The molecule has 0 aromatic rings. The van der Waals surface area contributed by atoms with Gasteiger partial charge in [0.15, 0.2) is 0 Å². The molecule has 5 nitrogen and oxygen atoms in total. The van der Waals surface area contributed by atoms with Crippen LogP contribution in [0, 0.1) is 0 Å². The highest BCUT2D eigenvalue weighted by Crippen LogP contribution is 2.25. The Kier molecular flexibility index (Phi) is 7.84. The second-order valence-corrected chi connectivity index (χ2v) is 9.36. The van der Waals surface area contributed by atoms with Gasteiger partial charge in [0, 0.05) is 57.5 Å². The van der Waals surface area contributed by atoms with Crippen LogP contribution in [0.2, 0.25) is 0 Å². The molecule has 2 atom stereocenters. The zero-order chi connectivity index (χ0) is 18.3. The van der Waals surface area contributed by atoms with Crippen molar-refractivity contribution in [3.8, 4) is 0 Å². The molecule has 4 fully saturated rings. The van der Waals surface area contributed by atoms with Crippen molar-refractivity contribution < 1.29 is 4.74 Å². The van der Waals surface area contributed by atoms with E-state index in [4.69, 9.17) is 4.74 Å². The van der Waals surface area contributed by atoms with Crippen LogP contribution in [0.5, 0.6) is 0 Å². The van der Waals surface area contributed by atoms with Crippen LogP contribution in [0.15, 0.2) is 0 Å². The van der Waals surface area contributed by atoms with Crippen LogP contribution in [-0.4, -0.2) is 85.4 Å². The Morgan fingerprint density at radius 2 is 1.56 bits per heavy atom. The predicted octanol–water partition coefficient (Wildman–Crippen LogP) is 2.86. The standard InChI is InChI=1S/C22H42N4O/c1-2-8-21(9-3-1)25-15-13-24(14-16-25)11-6-7-17-27-19-20-18-22-10-4-5-12-26(22)23-20/h20-23H,1-19H2. The van der Waals surface area contributed by atoms with Gasteiger partial charge in [-0.25, -0.2) is 10.4 Å². The Hall–Kier alpha value is -0.200. The van der Waals surface area contributed by atoms with E-state index < -0.39 is 0 Å². The molecule has 156 valence electrons. The highest BCUT2D eigenvalue weighted by molar-refractivity contribution is 4.86. The lowest BCUT2D eigenvalue weighted by Crippen LogP contribution is -2.50. The summed E-state index contributed by atoms with van der Waals surface area (Å²) in [5.41, 5.74) is 3.66. The van der Waals surface area contributed by atoms with Gasteiger partial charge < -0.3 is 9.64 Å². The van der Waals surface area contributed by atoms with E-state index in [9.17, 15) is 0 Å². The summed E-state index contributed by atoms with van der Waals surface area (Å²) in [5, 5.41) is 2.48. The van der Waals surface area contributed by atoms with Crippen molar-refractivity contribution in [1.82, 2.24) is 20.2 Å². The first-order chi connectivity index (χ1) is 13.4. The second-order valence-electron chi connectivity index (χ2n) is 9.36. The van der Waals surface area contributed by atoms with Gasteiger partial charge in [-0.15, -0.1) is 0 Å². The molecule has 0 aromatic carbocycles. The van der Waals surface area contributed by atoms with Crippen LogP contribution in [0.25, 0.3) is 0 Å². The summed E-state index contributed by atoms with van der Waals surface area (Å²) < 4.78 is 5.99. The fourth-order valence-corrected chi connectivity index (χ4v) is 5.70. The van der Waals surface area contributed by atoms with E-state index in [1.54, 1.807) is 0 Å². The van der Waals surface area contributed by atoms with E-state index in [1.807, 2.05) is 0 Å². The Labute approximate surface area is 166 Å². The first-order valence-electron chi connectivity index (χ1n) is 12.0. The smallest absolute Gasteiger partial charge is 0.0633 e. The molecule has 1 N–H and O–H groups in total. The molecule has 27 heavy (non-hydrogen) atoms. The number of hydrogen-bond acceptors (Lipinski definition) is 5. The Morgan fingerprint density at radius 3 is 2.37 bits per heavy atom. The van der Waals surface area contributed by atoms with Crippen molar-refractivity contribution in [3.05, 3.63) is 0 Å². The third-order valence-electron chi connectivity index (χ3n) is 7.36. The lowest BCUT2D eigenvalue weighted by atomic mass is 9.94. The molecule has 1 aliphatic carbocycles. The average molecular weight is 379 g/mol. The van der Waals surface area contributed by atoms with Gasteiger partial charge in [0.25, 0.3) is 0 Å². The van der Waals surface area contributed by atoms with Crippen LogP contribution in [0.1, 0.15) is 70.6 Å². The third kappa shape index (κ3) is 5.89. The van der Waals surface area contributed by atoms with Gasteiger partial charge in [0.05, 0.1) is 6.61 Å². The fraction of sp³-hybridized carbons (Fsp3) is 1.00. The van der Waals surface area contributed by atoms with E-state index >= 15 is 0 Å². The van der Waals surface area contributed by atoms with E-state index in [0.29, 0.717) is 6.04 Å². The lowest BCUT2D eigenvalue weighted by Gasteiger charge is -2.40. The first-order valence-corrected chi connectivity index (χ1v) is 12.0. The summed E-state index contributed by atoms with van der Waals surface area (Å²) in [5.74, 6) is 0. The van der Waals surface area contributed by atoms with Crippen molar-refractivity contribution in [1.29, 1.82) is 0 Å². The largest absolute Gasteiger partial charge is 0.380 e. The molecule has 4 rings (SSSR count). The van der Waals surface area contributed by atoms with Gasteiger partial charge >= 0.3 is 0 Å². The van der Waals surface area contributed by atoms with Crippen LogP contribution < -0.4 is 5.43 Å². The number of ether oxygens (including phenoxy) is 1. The maximum absolute atomic E-state index is 5.99. The van der Waals surface area contributed by atoms with Gasteiger partial charge in [-0.3, -0.25) is 4.90 Å². The molecular weight excluding hydrogens is 336 g/mol. The van der Waals surface area contributed by atoms with Crippen LogP contribution in [-0.2, 0) is 4.74 Å². The highest BCUT2D eigenvalue weighted by Gasteiger charge is 2.33. The van der Waals surface area contributed by atoms with Crippen LogP contribution in [0.4, 0.5) is 0 Å². The highest BCUT2D eigenvalue weighted by atomic mass is 16.5. The minimum atomic E-state index is 0.556. The number of fused-ring (bicyclic) bond motifs is 1. The Bertz CT molecular complexity index is 407. The monoisotopic (exact) mass is 378 g/mol. The van der Waals surface area contributed by atoms with Crippen molar-refractivity contribution >= 4 is 0 Å². The van der Waals surface area contributed by atoms with E-state index in [0.717, 1.165) is 25.3 Å². The van der Waals surface area contributed by atoms with Crippen molar-refractivity contribution in [2.45, 2.75) is 88.8 Å². The first kappa shape index (κ1) is 20.1. The fourth-order valence-electron chi connectivity index (χ4n) is 5.70. The molecule has 1 saturated carbocycles. The minimum absolute atomic E-state index is 0.556. The topological polar surface area (TPSA) is 31.0 Å². The number of hydrazine groups is 1. The lowest BCUT2D eigenvalue weighted by molar-refractivity contribution is 0.0719. The third-order valence-corrected chi connectivity index (χ3v) is 7.36. The number of nitrogens with one attached hydrogen (secondary N) is 1. The Balaban J connectivity index is 1.01. The molecule has 4 aliphatic rings. The molecule has 2 unspecified atom stereocenters. The summed E-state index contributed by atoms with van der Waals surface area (Å²) in [4.78, 5) is 5.46. The van der Waals surface area contributed by atoms with Crippen molar-refractivity contribution in [2.75, 3.05) is 52.5 Å². The van der Waals surface area contributed by atoms with E-state index in [-0.39, 0.29) is 0 Å². The molecule has 3 aliphatic heterocycles. The minimum Gasteiger partial charge on any atom is -0.380 e. The van der Waals surface area contributed by atoms with Gasteiger partial charge in [0.2, 0.25) is 0 Å². The maximum Gasteiger partial charge on any atom is 0.0633 e. The van der Waals surface area contributed by atoms with Crippen LogP contribution in [0.3, 0.4) is 0 Å². The number of rotatable bonds is 8. The zero-order valence-electron chi connectivity index (χ0n) is 17.4. The van der Waals surface area contributed by atoms with Crippen molar-refractivity contribution in [3.63, 3.8) is 0 Å². The summed E-state index contributed by atoms with van der Waals surface area (Å²) in [6.07, 6.45) is 15.2. The summed E-state index contributed by atoms with van der Waals surface area (Å²) in [6.45, 7) is 9.48. The molecule has 0 radical (unpaired) electrons. The van der Waals surface area contributed by atoms with Gasteiger partial charge in [0.1, 0.15) is 0 Å². The molecule has 5 heteroatoms. The summed E-state index contributed by atoms with van der Waals surface area (Å²) in [6, 6.07) is 2.24. The molecule has 0 amide bonds. The van der Waals surface area contributed by atoms with E-state index in [1.165, 1.54) is 110 Å². The zero-order valence-corrected chi connectivity index (χ0v) is 17.4. The molecular formula is C22H42N4O. The van der Waals surface area contributed by atoms with Gasteiger partial charge in [-0.05, 0) is 51.5 Å². The molecule has 3 saturated heterocycles. The summed E-state index contributed by atoms with van der Waals surface area (Å²) in [7, 11) is 0. The van der Waals surface area contributed by atoms with Crippen LogP contribution >= 0.6 is 0 Å². The number of piperazine rings is 1.